The van der Waals surface area contributed by atoms with Crippen molar-refractivity contribution in [3.05, 3.63) is 70.2 Å². The summed E-state index contributed by atoms with van der Waals surface area (Å²) in [6.07, 6.45) is 0. The minimum absolute atomic E-state index is 0.113. The van der Waals surface area contributed by atoms with Crippen LogP contribution in [0.2, 0.25) is 5.02 Å². The van der Waals surface area contributed by atoms with Crippen LogP contribution >= 0.6 is 11.6 Å². The summed E-state index contributed by atoms with van der Waals surface area (Å²) >= 11 is 5.58. The average molecular weight is 253 g/mol. The standard InChI is InChI=1S/C13H7ClF2O/c14-11-3-1-2-10(12(11)16)13(17)8-4-6-9(15)7-5-8/h1-7H. The van der Waals surface area contributed by atoms with Gasteiger partial charge in [0.1, 0.15) is 5.82 Å². The van der Waals surface area contributed by atoms with Gasteiger partial charge in [-0.2, -0.15) is 0 Å². The van der Waals surface area contributed by atoms with Crippen LogP contribution in [0.1, 0.15) is 15.9 Å². The predicted octanol–water partition coefficient (Wildman–Crippen LogP) is 3.85. The number of rotatable bonds is 2. The molecule has 0 aromatic heterocycles. The third-order valence-electron chi connectivity index (χ3n) is 2.30. The molecule has 0 atom stereocenters. The van der Waals surface area contributed by atoms with Crippen molar-refractivity contribution in [1.29, 1.82) is 0 Å². The Morgan fingerprint density at radius 2 is 1.65 bits per heavy atom. The van der Waals surface area contributed by atoms with Crippen molar-refractivity contribution in [3.8, 4) is 0 Å². The molecule has 0 saturated heterocycles. The molecule has 2 aromatic carbocycles. The molecule has 4 heteroatoms. The van der Waals surface area contributed by atoms with Gasteiger partial charge in [-0.3, -0.25) is 4.79 Å². The van der Waals surface area contributed by atoms with Gasteiger partial charge in [-0.25, -0.2) is 8.78 Å². The van der Waals surface area contributed by atoms with E-state index in [0.717, 1.165) is 12.1 Å². The molecule has 0 fully saturated rings. The lowest BCUT2D eigenvalue weighted by atomic mass is 10.0. The molecule has 0 bridgehead atoms. The van der Waals surface area contributed by atoms with Crippen molar-refractivity contribution in [2.45, 2.75) is 0 Å². The van der Waals surface area contributed by atoms with Crippen LogP contribution in [0.15, 0.2) is 42.5 Å². The summed E-state index contributed by atoms with van der Waals surface area (Å²) in [5, 5.41) is -0.113. The quantitative estimate of drug-likeness (QED) is 0.742. The summed E-state index contributed by atoms with van der Waals surface area (Å²) in [4.78, 5) is 11.9. The van der Waals surface area contributed by atoms with Crippen LogP contribution in [-0.4, -0.2) is 5.78 Å². The van der Waals surface area contributed by atoms with E-state index in [2.05, 4.69) is 0 Å². The number of hydrogen-bond donors (Lipinski definition) is 0. The zero-order chi connectivity index (χ0) is 12.4. The van der Waals surface area contributed by atoms with E-state index in [1.54, 1.807) is 0 Å². The Morgan fingerprint density at radius 3 is 2.29 bits per heavy atom. The van der Waals surface area contributed by atoms with Gasteiger partial charge in [0.2, 0.25) is 0 Å². The molecule has 0 spiro atoms. The van der Waals surface area contributed by atoms with E-state index in [1.807, 2.05) is 0 Å². The van der Waals surface area contributed by atoms with Gasteiger partial charge in [0.15, 0.2) is 11.6 Å². The summed E-state index contributed by atoms with van der Waals surface area (Å²) in [5.41, 5.74) is 0.0941. The predicted molar refractivity (Wildman–Crippen MR) is 61.2 cm³/mol. The lowest BCUT2D eigenvalue weighted by Crippen LogP contribution is -2.04. The van der Waals surface area contributed by atoms with Crippen molar-refractivity contribution >= 4 is 17.4 Å². The fraction of sp³-hybridized carbons (Fsp3) is 0. The highest BCUT2D eigenvalue weighted by atomic mass is 35.5. The molecule has 0 aliphatic rings. The molecule has 0 saturated carbocycles. The molecule has 17 heavy (non-hydrogen) atoms. The van der Waals surface area contributed by atoms with E-state index in [1.165, 1.54) is 30.3 Å². The zero-order valence-electron chi connectivity index (χ0n) is 8.58. The molecule has 86 valence electrons. The highest BCUT2D eigenvalue weighted by molar-refractivity contribution is 6.31. The van der Waals surface area contributed by atoms with Gasteiger partial charge in [0, 0.05) is 5.56 Å². The van der Waals surface area contributed by atoms with E-state index in [9.17, 15) is 13.6 Å². The van der Waals surface area contributed by atoms with Crippen LogP contribution in [-0.2, 0) is 0 Å². The Labute approximate surface area is 102 Å². The fourth-order valence-electron chi connectivity index (χ4n) is 1.44. The molecule has 0 N–H and O–H groups in total. The summed E-state index contributed by atoms with van der Waals surface area (Å²) in [6.45, 7) is 0. The van der Waals surface area contributed by atoms with Crippen LogP contribution in [0.3, 0.4) is 0 Å². The fourth-order valence-corrected chi connectivity index (χ4v) is 1.61. The Kier molecular flexibility index (Phi) is 3.20. The van der Waals surface area contributed by atoms with Crippen LogP contribution in [0.5, 0.6) is 0 Å². The minimum Gasteiger partial charge on any atom is -0.288 e. The molecule has 0 unspecified atom stereocenters. The van der Waals surface area contributed by atoms with Gasteiger partial charge in [0.25, 0.3) is 0 Å². The van der Waals surface area contributed by atoms with E-state index < -0.39 is 17.4 Å². The van der Waals surface area contributed by atoms with Crippen molar-refractivity contribution in [3.63, 3.8) is 0 Å². The maximum absolute atomic E-state index is 13.6. The molecule has 2 rings (SSSR count). The summed E-state index contributed by atoms with van der Waals surface area (Å²) < 4.78 is 26.3. The van der Waals surface area contributed by atoms with Gasteiger partial charge in [0.05, 0.1) is 10.6 Å². The summed E-state index contributed by atoms with van der Waals surface area (Å²) in [6, 6.07) is 9.09. The molecule has 1 nitrogen and oxygen atoms in total. The molecule has 0 aliphatic carbocycles. The average Bonchev–Trinajstić information content (AvgIpc) is 2.33. The van der Waals surface area contributed by atoms with Crippen molar-refractivity contribution in [2.24, 2.45) is 0 Å². The normalized spacial score (nSPS) is 10.3. The van der Waals surface area contributed by atoms with Crippen molar-refractivity contribution in [1.82, 2.24) is 0 Å². The second kappa shape index (κ2) is 4.63. The van der Waals surface area contributed by atoms with Crippen molar-refractivity contribution in [2.75, 3.05) is 0 Å². The second-order valence-electron chi connectivity index (χ2n) is 3.44. The van der Waals surface area contributed by atoms with Crippen molar-refractivity contribution < 1.29 is 13.6 Å². The Balaban J connectivity index is 2.44. The van der Waals surface area contributed by atoms with E-state index >= 15 is 0 Å². The number of ketones is 1. The monoisotopic (exact) mass is 252 g/mol. The summed E-state index contributed by atoms with van der Waals surface area (Å²) in [5.74, 6) is -1.73. The molecule has 0 radical (unpaired) electrons. The highest BCUT2D eigenvalue weighted by Crippen LogP contribution is 2.20. The number of carbonyl (C=O) groups is 1. The zero-order valence-corrected chi connectivity index (χ0v) is 9.34. The number of halogens is 3. The first kappa shape index (κ1) is 11.7. The van der Waals surface area contributed by atoms with Gasteiger partial charge >= 0.3 is 0 Å². The minimum atomic E-state index is -0.761. The molecule has 0 amide bonds. The molecular formula is C13H7ClF2O. The largest absolute Gasteiger partial charge is 0.288 e. The SMILES string of the molecule is O=C(c1ccc(F)cc1)c1cccc(Cl)c1F. The number of hydrogen-bond acceptors (Lipinski definition) is 1. The summed E-state index contributed by atoms with van der Waals surface area (Å²) in [7, 11) is 0. The number of carbonyl (C=O) groups excluding carboxylic acids is 1. The lowest BCUT2D eigenvalue weighted by Gasteiger charge is -2.03. The molecule has 0 aliphatic heterocycles. The molecular weight excluding hydrogens is 246 g/mol. The van der Waals surface area contributed by atoms with E-state index in [-0.39, 0.29) is 16.1 Å². The lowest BCUT2D eigenvalue weighted by molar-refractivity contribution is 0.103. The Morgan fingerprint density at radius 1 is 1.00 bits per heavy atom. The van der Waals surface area contributed by atoms with Crippen LogP contribution in [0, 0.1) is 11.6 Å². The van der Waals surface area contributed by atoms with E-state index in [0.29, 0.717) is 0 Å². The first-order chi connectivity index (χ1) is 8.09. The van der Waals surface area contributed by atoms with E-state index in [4.69, 9.17) is 11.6 Å². The first-order valence-electron chi connectivity index (χ1n) is 4.84. The maximum Gasteiger partial charge on any atom is 0.196 e. The third-order valence-corrected chi connectivity index (χ3v) is 2.59. The van der Waals surface area contributed by atoms with Gasteiger partial charge in [-0.05, 0) is 36.4 Å². The van der Waals surface area contributed by atoms with Gasteiger partial charge in [-0.15, -0.1) is 0 Å². The second-order valence-corrected chi connectivity index (χ2v) is 3.84. The van der Waals surface area contributed by atoms with Crippen LogP contribution < -0.4 is 0 Å². The molecule has 2 aromatic rings. The van der Waals surface area contributed by atoms with Crippen LogP contribution in [0.4, 0.5) is 8.78 Å². The Bertz CT molecular complexity index is 564. The maximum atomic E-state index is 13.6. The number of benzene rings is 2. The first-order valence-corrected chi connectivity index (χ1v) is 5.21. The Hall–Kier alpha value is -1.74. The third kappa shape index (κ3) is 2.34. The molecule has 0 heterocycles. The van der Waals surface area contributed by atoms with Crippen LogP contribution in [0.25, 0.3) is 0 Å². The van der Waals surface area contributed by atoms with Gasteiger partial charge < -0.3 is 0 Å². The highest BCUT2D eigenvalue weighted by Gasteiger charge is 2.15. The smallest absolute Gasteiger partial charge is 0.196 e. The van der Waals surface area contributed by atoms with Gasteiger partial charge in [-0.1, -0.05) is 17.7 Å². The topological polar surface area (TPSA) is 17.1 Å².